The average Bonchev–Trinajstić information content (AvgIpc) is 2.02. The number of rotatable bonds is 5. The lowest BCUT2D eigenvalue weighted by Crippen LogP contribution is -2.41. The molecule has 0 spiro atoms. The summed E-state index contributed by atoms with van der Waals surface area (Å²) in [6, 6.07) is 0. The van der Waals surface area contributed by atoms with Gasteiger partial charge in [-0.25, -0.2) is 0 Å². The molecule has 6 heteroatoms. The molecular weight excluding hydrogens is 168 g/mol. The van der Waals surface area contributed by atoms with Gasteiger partial charge in [0.1, 0.15) is 6.10 Å². The second-order valence-electron chi connectivity index (χ2n) is 2.54. The van der Waals surface area contributed by atoms with Gasteiger partial charge in [0.25, 0.3) is 0 Å². The van der Waals surface area contributed by atoms with Crippen molar-refractivity contribution >= 4 is 6.29 Å². The summed E-state index contributed by atoms with van der Waals surface area (Å²) in [7, 11) is 0. The minimum absolute atomic E-state index is 0.0676. The van der Waals surface area contributed by atoms with E-state index < -0.39 is 31.0 Å². The van der Waals surface area contributed by atoms with Crippen LogP contribution in [0.5, 0.6) is 0 Å². The summed E-state index contributed by atoms with van der Waals surface area (Å²) >= 11 is 0. The standard InChI is InChI=1S/C6H12O6/c7-2-5(10)4(9)1-6(11,12)3-8/h2,4-5,8-12H,1,3H2/t4-,5-/m0/s1. The Morgan fingerprint density at radius 2 is 1.83 bits per heavy atom. The fourth-order valence-corrected chi connectivity index (χ4v) is 0.611. The summed E-state index contributed by atoms with van der Waals surface area (Å²) in [6.07, 6.45) is -3.89. The van der Waals surface area contributed by atoms with E-state index in [1.54, 1.807) is 0 Å². The van der Waals surface area contributed by atoms with Gasteiger partial charge in [-0.05, 0) is 0 Å². The lowest BCUT2D eigenvalue weighted by Gasteiger charge is -2.22. The smallest absolute Gasteiger partial charge is 0.189 e. The van der Waals surface area contributed by atoms with E-state index in [2.05, 4.69) is 0 Å². The Balaban J connectivity index is 3.98. The number of hydrogen-bond acceptors (Lipinski definition) is 6. The molecule has 0 aromatic carbocycles. The van der Waals surface area contributed by atoms with Gasteiger partial charge in [0.15, 0.2) is 12.1 Å². The van der Waals surface area contributed by atoms with E-state index in [1.807, 2.05) is 0 Å². The zero-order chi connectivity index (χ0) is 9.78. The maximum Gasteiger partial charge on any atom is 0.189 e. The third-order valence-corrected chi connectivity index (χ3v) is 1.32. The highest BCUT2D eigenvalue weighted by Gasteiger charge is 2.29. The van der Waals surface area contributed by atoms with Gasteiger partial charge in [0.2, 0.25) is 0 Å². The Kier molecular flexibility index (Phi) is 4.29. The molecule has 2 atom stereocenters. The SMILES string of the molecule is O=C[C@H](O)[C@@H](O)CC(O)(O)CO. The Bertz CT molecular complexity index is 145. The molecule has 0 heterocycles. The molecule has 0 aromatic rings. The van der Waals surface area contributed by atoms with Crippen LogP contribution in [0.1, 0.15) is 6.42 Å². The number of aliphatic hydroxyl groups excluding tert-OH is 3. The number of carbonyl (C=O) groups excluding carboxylic acids is 1. The first-order valence-electron chi connectivity index (χ1n) is 3.30. The van der Waals surface area contributed by atoms with Gasteiger partial charge in [-0.1, -0.05) is 0 Å². The van der Waals surface area contributed by atoms with Crippen LogP contribution in [0.25, 0.3) is 0 Å². The molecule has 0 aliphatic heterocycles. The number of carbonyl (C=O) groups is 1. The number of aldehydes is 1. The van der Waals surface area contributed by atoms with Crippen molar-refractivity contribution in [3.8, 4) is 0 Å². The Morgan fingerprint density at radius 1 is 1.33 bits per heavy atom. The van der Waals surface area contributed by atoms with Gasteiger partial charge >= 0.3 is 0 Å². The van der Waals surface area contributed by atoms with Gasteiger partial charge in [-0.15, -0.1) is 0 Å². The first-order chi connectivity index (χ1) is 5.43. The van der Waals surface area contributed by atoms with Crippen LogP contribution in [0.4, 0.5) is 0 Å². The molecule has 0 aromatic heterocycles. The predicted molar refractivity (Wildman–Crippen MR) is 36.9 cm³/mol. The second kappa shape index (κ2) is 4.48. The highest BCUT2D eigenvalue weighted by Crippen LogP contribution is 2.10. The summed E-state index contributed by atoms with van der Waals surface area (Å²) in [5.41, 5.74) is 0. The lowest BCUT2D eigenvalue weighted by atomic mass is 10.1. The van der Waals surface area contributed by atoms with E-state index in [4.69, 9.17) is 25.5 Å². The topological polar surface area (TPSA) is 118 Å². The fourth-order valence-electron chi connectivity index (χ4n) is 0.611. The van der Waals surface area contributed by atoms with Crippen LogP contribution in [-0.4, -0.2) is 56.4 Å². The maximum atomic E-state index is 9.88. The number of hydrogen-bond donors (Lipinski definition) is 5. The molecule has 0 fully saturated rings. The van der Waals surface area contributed by atoms with Crippen molar-refractivity contribution in [2.75, 3.05) is 6.61 Å². The van der Waals surface area contributed by atoms with Crippen molar-refractivity contribution in [2.45, 2.75) is 24.4 Å². The maximum absolute atomic E-state index is 9.88. The highest BCUT2D eigenvalue weighted by atomic mass is 16.5. The third-order valence-electron chi connectivity index (χ3n) is 1.32. The van der Waals surface area contributed by atoms with Crippen molar-refractivity contribution in [1.82, 2.24) is 0 Å². The molecule has 0 amide bonds. The largest absolute Gasteiger partial charge is 0.391 e. The summed E-state index contributed by atoms with van der Waals surface area (Å²) in [6.45, 7) is -0.977. The van der Waals surface area contributed by atoms with Gasteiger partial charge in [-0.3, -0.25) is 0 Å². The van der Waals surface area contributed by atoms with Crippen molar-refractivity contribution in [3.63, 3.8) is 0 Å². The first kappa shape index (κ1) is 11.5. The predicted octanol–water partition coefficient (Wildman–Crippen LogP) is -3.03. The van der Waals surface area contributed by atoms with E-state index in [0.717, 1.165) is 0 Å². The zero-order valence-corrected chi connectivity index (χ0v) is 6.29. The quantitative estimate of drug-likeness (QED) is 0.227. The molecule has 0 aliphatic rings. The Morgan fingerprint density at radius 3 is 2.17 bits per heavy atom. The summed E-state index contributed by atoms with van der Waals surface area (Å²) in [4.78, 5) is 9.88. The van der Waals surface area contributed by atoms with Crippen LogP contribution >= 0.6 is 0 Å². The Hall–Kier alpha value is -0.530. The van der Waals surface area contributed by atoms with Crippen LogP contribution in [0, 0.1) is 0 Å². The molecule has 0 aliphatic carbocycles. The van der Waals surface area contributed by atoms with Crippen LogP contribution in [0.3, 0.4) is 0 Å². The van der Waals surface area contributed by atoms with Crippen LogP contribution < -0.4 is 0 Å². The van der Waals surface area contributed by atoms with Crippen molar-refractivity contribution < 1.29 is 30.3 Å². The summed E-state index contributed by atoms with van der Waals surface area (Å²) < 4.78 is 0. The minimum Gasteiger partial charge on any atom is -0.391 e. The third kappa shape index (κ3) is 3.74. The summed E-state index contributed by atoms with van der Waals surface area (Å²) in [5.74, 6) is -2.47. The van der Waals surface area contributed by atoms with Crippen molar-refractivity contribution in [2.24, 2.45) is 0 Å². The molecule has 0 saturated heterocycles. The molecule has 0 rings (SSSR count). The molecule has 0 bridgehead atoms. The Labute approximate surface area is 68.7 Å². The molecule has 12 heavy (non-hydrogen) atoms. The molecule has 0 radical (unpaired) electrons. The van der Waals surface area contributed by atoms with Crippen molar-refractivity contribution in [3.05, 3.63) is 0 Å². The van der Waals surface area contributed by atoms with E-state index in [9.17, 15) is 4.79 Å². The average molecular weight is 180 g/mol. The molecule has 72 valence electrons. The van der Waals surface area contributed by atoms with Crippen LogP contribution in [0.15, 0.2) is 0 Å². The second-order valence-corrected chi connectivity index (χ2v) is 2.54. The molecule has 0 saturated carbocycles. The van der Waals surface area contributed by atoms with Gasteiger partial charge in [0, 0.05) is 6.42 Å². The fraction of sp³-hybridized carbons (Fsp3) is 0.833. The lowest BCUT2D eigenvalue weighted by molar-refractivity contribution is -0.209. The normalized spacial score (nSPS) is 17.1. The van der Waals surface area contributed by atoms with E-state index in [-0.39, 0.29) is 6.29 Å². The zero-order valence-electron chi connectivity index (χ0n) is 6.29. The van der Waals surface area contributed by atoms with Crippen molar-refractivity contribution in [1.29, 1.82) is 0 Å². The minimum atomic E-state index is -2.47. The highest BCUT2D eigenvalue weighted by molar-refractivity contribution is 5.56. The van der Waals surface area contributed by atoms with Gasteiger partial charge < -0.3 is 30.3 Å². The van der Waals surface area contributed by atoms with E-state index in [0.29, 0.717) is 0 Å². The molecular formula is C6H12O6. The van der Waals surface area contributed by atoms with E-state index in [1.165, 1.54) is 0 Å². The molecule has 5 N–H and O–H groups in total. The van der Waals surface area contributed by atoms with Gasteiger partial charge in [-0.2, -0.15) is 0 Å². The van der Waals surface area contributed by atoms with Crippen LogP contribution in [0.2, 0.25) is 0 Å². The van der Waals surface area contributed by atoms with Gasteiger partial charge in [0.05, 0.1) is 12.7 Å². The monoisotopic (exact) mass is 180 g/mol. The number of aliphatic hydroxyl groups is 5. The van der Waals surface area contributed by atoms with Crippen LogP contribution in [-0.2, 0) is 4.79 Å². The molecule has 0 unspecified atom stereocenters. The summed E-state index contributed by atoms with van der Waals surface area (Å²) in [5, 5.41) is 43.4. The first-order valence-corrected chi connectivity index (χ1v) is 3.30. The van der Waals surface area contributed by atoms with E-state index >= 15 is 0 Å². The molecule has 6 nitrogen and oxygen atoms in total.